The van der Waals surface area contributed by atoms with E-state index in [0.717, 1.165) is 18.6 Å². The molecule has 2 aromatic carbocycles. The molecule has 1 amide bonds. The van der Waals surface area contributed by atoms with Crippen LogP contribution >= 0.6 is 0 Å². The number of nitrogens with zero attached hydrogens (tertiary/aromatic N) is 1. The fraction of sp³-hybridized carbons (Fsp3) is 0.350. The Morgan fingerprint density at radius 3 is 2.30 bits per heavy atom. The van der Waals surface area contributed by atoms with Gasteiger partial charge in [-0.1, -0.05) is 18.2 Å². The number of amides is 1. The fourth-order valence-corrected chi connectivity index (χ4v) is 4.58. The fourth-order valence-electron chi connectivity index (χ4n) is 3.11. The standard InChI is InChI=1S/C20H24N2O4S/c1-16(23)21-18-7-9-20(10-8-18)27(24,25)22-13-11-17(12-14-22)15-26-19-5-3-2-4-6-19/h2-10,17H,11-15H2,1H3,(H,21,23). The van der Waals surface area contributed by atoms with Crippen molar-refractivity contribution < 1.29 is 17.9 Å². The number of sulfonamides is 1. The third-order valence-corrected chi connectivity index (χ3v) is 6.53. The normalized spacial score (nSPS) is 16.0. The van der Waals surface area contributed by atoms with Crippen LogP contribution in [-0.2, 0) is 14.8 Å². The molecule has 1 saturated heterocycles. The highest BCUT2D eigenvalue weighted by atomic mass is 32.2. The summed E-state index contributed by atoms with van der Waals surface area (Å²) in [5, 5.41) is 2.64. The van der Waals surface area contributed by atoms with Crippen LogP contribution in [0.2, 0.25) is 0 Å². The Hall–Kier alpha value is -2.38. The van der Waals surface area contributed by atoms with E-state index in [4.69, 9.17) is 4.74 Å². The van der Waals surface area contributed by atoms with E-state index in [2.05, 4.69) is 5.32 Å². The predicted molar refractivity (Wildman–Crippen MR) is 104 cm³/mol. The number of rotatable bonds is 6. The van der Waals surface area contributed by atoms with Gasteiger partial charge >= 0.3 is 0 Å². The van der Waals surface area contributed by atoms with Crippen LogP contribution in [-0.4, -0.2) is 38.3 Å². The summed E-state index contributed by atoms with van der Waals surface area (Å²) in [4.78, 5) is 11.3. The highest BCUT2D eigenvalue weighted by Crippen LogP contribution is 2.25. The van der Waals surface area contributed by atoms with Crippen molar-refractivity contribution in [1.29, 1.82) is 0 Å². The van der Waals surface area contributed by atoms with Crippen molar-refractivity contribution in [1.82, 2.24) is 4.31 Å². The lowest BCUT2D eigenvalue weighted by atomic mass is 9.99. The molecular formula is C20H24N2O4S. The monoisotopic (exact) mass is 388 g/mol. The summed E-state index contributed by atoms with van der Waals surface area (Å²) in [5.41, 5.74) is 0.582. The van der Waals surface area contributed by atoms with Gasteiger partial charge in [0.25, 0.3) is 0 Å². The predicted octanol–water partition coefficient (Wildman–Crippen LogP) is 3.12. The molecule has 144 valence electrons. The maximum Gasteiger partial charge on any atom is 0.243 e. The number of benzene rings is 2. The van der Waals surface area contributed by atoms with Gasteiger partial charge in [-0.3, -0.25) is 4.79 Å². The van der Waals surface area contributed by atoms with Crippen LogP contribution in [0.4, 0.5) is 5.69 Å². The number of carbonyl (C=O) groups excluding carboxylic acids is 1. The van der Waals surface area contributed by atoms with Crippen molar-refractivity contribution in [2.24, 2.45) is 5.92 Å². The van der Waals surface area contributed by atoms with E-state index in [1.807, 2.05) is 30.3 Å². The molecule has 0 aromatic heterocycles. The second-order valence-corrected chi connectivity index (χ2v) is 8.62. The van der Waals surface area contributed by atoms with Crippen LogP contribution in [0, 0.1) is 5.92 Å². The molecule has 1 aliphatic rings. The molecule has 0 bridgehead atoms. The summed E-state index contributed by atoms with van der Waals surface area (Å²) < 4.78 is 32.9. The maximum absolute atomic E-state index is 12.8. The third-order valence-electron chi connectivity index (χ3n) is 4.61. The molecule has 6 nitrogen and oxygen atoms in total. The zero-order valence-electron chi connectivity index (χ0n) is 15.3. The molecule has 0 saturated carbocycles. The van der Waals surface area contributed by atoms with Crippen LogP contribution in [0.1, 0.15) is 19.8 Å². The number of hydrogen-bond acceptors (Lipinski definition) is 4. The summed E-state index contributed by atoms with van der Waals surface area (Å²) in [6.07, 6.45) is 1.55. The number of anilines is 1. The molecule has 0 radical (unpaired) electrons. The van der Waals surface area contributed by atoms with Gasteiger partial charge in [0.05, 0.1) is 11.5 Å². The lowest BCUT2D eigenvalue weighted by Gasteiger charge is -2.31. The minimum Gasteiger partial charge on any atom is -0.493 e. The van der Waals surface area contributed by atoms with Gasteiger partial charge in [0, 0.05) is 25.7 Å². The van der Waals surface area contributed by atoms with Crippen LogP contribution in [0.3, 0.4) is 0 Å². The van der Waals surface area contributed by atoms with Gasteiger partial charge in [-0.05, 0) is 55.2 Å². The SMILES string of the molecule is CC(=O)Nc1ccc(S(=O)(=O)N2CCC(COc3ccccc3)CC2)cc1. The van der Waals surface area contributed by atoms with Crippen molar-refractivity contribution in [2.45, 2.75) is 24.7 Å². The lowest BCUT2D eigenvalue weighted by Crippen LogP contribution is -2.39. The first-order valence-corrected chi connectivity index (χ1v) is 10.4. The molecule has 27 heavy (non-hydrogen) atoms. The molecule has 0 aliphatic carbocycles. The molecule has 2 aromatic rings. The highest BCUT2D eigenvalue weighted by Gasteiger charge is 2.29. The molecule has 1 fully saturated rings. The molecule has 1 heterocycles. The molecule has 0 spiro atoms. The van der Waals surface area contributed by atoms with E-state index in [0.29, 0.717) is 31.3 Å². The van der Waals surface area contributed by atoms with E-state index in [9.17, 15) is 13.2 Å². The second-order valence-electron chi connectivity index (χ2n) is 6.68. The van der Waals surface area contributed by atoms with Gasteiger partial charge in [0.2, 0.25) is 15.9 Å². The third kappa shape index (κ3) is 5.08. The Balaban J connectivity index is 1.55. The van der Waals surface area contributed by atoms with Crippen molar-refractivity contribution >= 4 is 21.6 Å². The van der Waals surface area contributed by atoms with Gasteiger partial charge in [0.1, 0.15) is 5.75 Å². The first-order valence-electron chi connectivity index (χ1n) is 9.01. The number of nitrogens with one attached hydrogen (secondary N) is 1. The number of ether oxygens (including phenoxy) is 1. The summed E-state index contributed by atoms with van der Waals surface area (Å²) >= 11 is 0. The van der Waals surface area contributed by atoms with Gasteiger partial charge < -0.3 is 10.1 Å². The first-order chi connectivity index (χ1) is 12.9. The Labute approximate surface area is 160 Å². The van der Waals surface area contributed by atoms with Crippen molar-refractivity contribution in [2.75, 3.05) is 25.0 Å². The summed E-state index contributed by atoms with van der Waals surface area (Å²) in [6.45, 7) is 2.98. The van der Waals surface area contributed by atoms with Gasteiger partial charge in [0.15, 0.2) is 0 Å². The van der Waals surface area contributed by atoms with Crippen molar-refractivity contribution in [3.63, 3.8) is 0 Å². The van der Waals surface area contributed by atoms with E-state index >= 15 is 0 Å². The van der Waals surface area contributed by atoms with Gasteiger partial charge in [-0.25, -0.2) is 8.42 Å². The molecule has 0 unspecified atom stereocenters. The van der Waals surface area contributed by atoms with Crippen LogP contribution in [0.5, 0.6) is 5.75 Å². The number of para-hydroxylation sites is 1. The van der Waals surface area contributed by atoms with E-state index in [1.165, 1.54) is 23.4 Å². The molecule has 0 atom stereocenters. The smallest absolute Gasteiger partial charge is 0.243 e. The molecule has 7 heteroatoms. The maximum atomic E-state index is 12.8. The minimum absolute atomic E-state index is 0.189. The molecule has 1 aliphatic heterocycles. The quantitative estimate of drug-likeness (QED) is 0.825. The van der Waals surface area contributed by atoms with Crippen LogP contribution in [0.15, 0.2) is 59.5 Å². The number of carbonyl (C=O) groups is 1. The first kappa shape index (κ1) is 19.4. The number of piperidine rings is 1. The lowest BCUT2D eigenvalue weighted by molar-refractivity contribution is -0.114. The van der Waals surface area contributed by atoms with E-state index in [1.54, 1.807) is 12.1 Å². The second kappa shape index (κ2) is 8.54. The number of hydrogen-bond donors (Lipinski definition) is 1. The van der Waals surface area contributed by atoms with Gasteiger partial charge in [-0.15, -0.1) is 0 Å². The Bertz CT molecular complexity index is 859. The van der Waals surface area contributed by atoms with Crippen LogP contribution in [0.25, 0.3) is 0 Å². The average Bonchev–Trinajstić information content (AvgIpc) is 2.67. The van der Waals surface area contributed by atoms with Crippen LogP contribution < -0.4 is 10.1 Å². The summed E-state index contributed by atoms with van der Waals surface area (Å²) in [7, 11) is -3.52. The zero-order chi connectivity index (χ0) is 19.3. The highest BCUT2D eigenvalue weighted by molar-refractivity contribution is 7.89. The Morgan fingerprint density at radius 2 is 1.70 bits per heavy atom. The van der Waals surface area contributed by atoms with Crippen molar-refractivity contribution in [3.05, 3.63) is 54.6 Å². The Morgan fingerprint density at radius 1 is 1.07 bits per heavy atom. The van der Waals surface area contributed by atoms with E-state index in [-0.39, 0.29) is 10.8 Å². The average molecular weight is 388 g/mol. The topological polar surface area (TPSA) is 75.7 Å². The van der Waals surface area contributed by atoms with E-state index < -0.39 is 10.0 Å². The van der Waals surface area contributed by atoms with Gasteiger partial charge in [-0.2, -0.15) is 4.31 Å². The van der Waals surface area contributed by atoms with Crippen molar-refractivity contribution in [3.8, 4) is 5.75 Å². The summed E-state index contributed by atoms with van der Waals surface area (Å²) in [6, 6.07) is 15.9. The molecular weight excluding hydrogens is 364 g/mol. The zero-order valence-corrected chi connectivity index (χ0v) is 16.1. The minimum atomic E-state index is -3.52. The summed E-state index contributed by atoms with van der Waals surface area (Å²) in [5.74, 6) is 0.996. The molecule has 1 N–H and O–H groups in total. The largest absolute Gasteiger partial charge is 0.493 e. The Kier molecular flexibility index (Phi) is 6.13. The molecule has 3 rings (SSSR count).